The van der Waals surface area contributed by atoms with Crippen molar-refractivity contribution >= 4 is 27.0 Å². The molecule has 1 aromatic rings. The number of hydrogen-bond donors (Lipinski definition) is 0. The van der Waals surface area contributed by atoms with Gasteiger partial charge in [0, 0.05) is 15.3 Å². The highest BCUT2D eigenvalue weighted by molar-refractivity contribution is 6.45. The van der Waals surface area contributed by atoms with Gasteiger partial charge < -0.3 is 0 Å². The standard InChI is InChI=1S/C14H23ClSi/c1-9(2)7-11-5-6-13(16)14(15)12(11)8-10(3)4/h5-6,9-10H,7-8H2,1-4,16H3. The first kappa shape index (κ1) is 13.8. The lowest BCUT2D eigenvalue weighted by molar-refractivity contribution is 0.616. The molecule has 0 aliphatic rings. The molecule has 1 aromatic carbocycles. The normalized spacial score (nSPS) is 11.7. The highest BCUT2D eigenvalue weighted by atomic mass is 35.5. The second kappa shape index (κ2) is 5.88. The summed E-state index contributed by atoms with van der Waals surface area (Å²) in [5, 5.41) is 2.38. The van der Waals surface area contributed by atoms with Crippen LogP contribution in [0.2, 0.25) is 5.02 Å². The van der Waals surface area contributed by atoms with Crippen LogP contribution in [0.15, 0.2) is 12.1 Å². The van der Waals surface area contributed by atoms with E-state index in [9.17, 15) is 0 Å². The van der Waals surface area contributed by atoms with Crippen molar-refractivity contribution in [2.45, 2.75) is 40.5 Å². The lowest BCUT2D eigenvalue weighted by Gasteiger charge is -2.16. The van der Waals surface area contributed by atoms with Gasteiger partial charge in [0.05, 0.1) is 0 Å². The van der Waals surface area contributed by atoms with Crippen LogP contribution in [0.5, 0.6) is 0 Å². The number of rotatable bonds is 4. The highest BCUT2D eigenvalue weighted by Gasteiger charge is 2.12. The lowest BCUT2D eigenvalue weighted by atomic mass is 9.93. The average molecular weight is 255 g/mol. The smallest absolute Gasteiger partial charge is 0.0423 e. The molecule has 0 aliphatic carbocycles. The highest BCUT2D eigenvalue weighted by Crippen LogP contribution is 2.23. The molecule has 0 heterocycles. The Morgan fingerprint density at radius 1 is 1.06 bits per heavy atom. The second-order valence-electron chi connectivity index (χ2n) is 5.53. The molecule has 0 unspecified atom stereocenters. The van der Waals surface area contributed by atoms with Crippen LogP contribution >= 0.6 is 11.6 Å². The Bertz CT molecular complexity index is 356. The van der Waals surface area contributed by atoms with Crippen molar-refractivity contribution in [3.63, 3.8) is 0 Å². The number of halogens is 1. The van der Waals surface area contributed by atoms with Crippen molar-refractivity contribution in [3.05, 3.63) is 28.3 Å². The van der Waals surface area contributed by atoms with E-state index in [1.54, 1.807) is 0 Å². The zero-order valence-electron chi connectivity index (χ0n) is 11.1. The fourth-order valence-electron chi connectivity index (χ4n) is 2.04. The molecule has 0 saturated carbocycles. The van der Waals surface area contributed by atoms with E-state index in [1.807, 2.05) is 0 Å². The van der Waals surface area contributed by atoms with Gasteiger partial charge in [-0.15, -0.1) is 0 Å². The van der Waals surface area contributed by atoms with Gasteiger partial charge in [-0.1, -0.05) is 56.6 Å². The number of hydrogen-bond acceptors (Lipinski definition) is 0. The van der Waals surface area contributed by atoms with Gasteiger partial charge in [-0.3, -0.25) is 0 Å². The largest absolute Gasteiger partial charge is 0.0842 e. The van der Waals surface area contributed by atoms with E-state index in [0.29, 0.717) is 11.8 Å². The third-order valence-electron chi connectivity index (χ3n) is 2.77. The van der Waals surface area contributed by atoms with Crippen LogP contribution in [-0.2, 0) is 12.8 Å². The summed E-state index contributed by atoms with van der Waals surface area (Å²) in [5.41, 5.74) is 2.85. The molecule has 0 atom stereocenters. The second-order valence-corrected chi connectivity index (χ2v) is 6.99. The third-order valence-corrected chi connectivity index (χ3v) is 4.45. The van der Waals surface area contributed by atoms with Gasteiger partial charge in [-0.05, 0) is 35.8 Å². The average Bonchev–Trinajstić information content (AvgIpc) is 2.16. The molecule has 1 rings (SSSR count). The van der Waals surface area contributed by atoms with Crippen LogP contribution in [0.3, 0.4) is 0 Å². The molecule has 0 bridgehead atoms. The Balaban J connectivity index is 3.11. The predicted molar refractivity (Wildman–Crippen MR) is 78.1 cm³/mol. The first-order valence-electron chi connectivity index (χ1n) is 6.18. The summed E-state index contributed by atoms with van der Waals surface area (Å²) in [7, 11) is 1.04. The van der Waals surface area contributed by atoms with E-state index >= 15 is 0 Å². The molecular weight excluding hydrogens is 232 g/mol. The van der Waals surface area contributed by atoms with E-state index in [2.05, 4.69) is 39.8 Å². The fourth-order valence-corrected chi connectivity index (χ4v) is 2.77. The molecule has 0 aliphatic heterocycles. The predicted octanol–water partition coefficient (Wildman–Crippen LogP) is 2.73. The minimum Gasteiger partial charge on any atom is -0.0842 e. The summed E-state index contributed by atoms with van der Waals surface area (Å²) in [5.74, 6) is 1.37. The summed E-state index contributed by atoms with van der Waals surface area (Å²) in [6, 6.07) is 4.49. The third kappa shape index (κ3) is 3.64. The van der Waals surface area contributed by atoms with Gasteiger partial charge >= 0.3 is 0 Å². The minimum absolute atomic E-state index is 0.673. The van der Waals surface area contributed by atoms with Crippen LogP contribution in [0, 0.1) is 11.8 Å². The van der Waals surface area contributed by atoms with Gasteiger partial charge in [0.1, 0.15) is 0 Å². The van der Waals surface area contributed by atoms with Crippen molar-refractivity contribution in [3.8, 4) is 0 Å². The maximum Gasteiger partial charge on any atom is 0.0423 e. The monoisotopic (exact) mass is 254 g/mol. The molecule has 16 heavy (non-hydrogen) atoms. The molecular formula is C14H23ClSi. The van der Waals surface area contributed by atoms with Crippen molar-refractivity contribution in [2.75, 3.05) is 0 Å². The molecule has 0 saturated heterocycles. The molecule has 2 heteroatoms. The number of benzene rings is 1. The summed E-state index contributed by atoms with van der Waals surface area (Å²) in [6.45, 7) is 9.05. The first-order valence-corrected chi connectivity index (χ1v) is 7.56. The van der Waals surface area contributed by atoms with Gasteiger partial charge in [-0.25, -0.2) is 0 Å². The molecule has 0 amide bonds. The fraction of sp³-hybridized carbons (Fsp3) is 0.571. The van der Waals surface area contributed by atoms with Crippen LogP contribution in [0.1, 0.15) is 38.8 Å². The Morgan fingerprint density at radius 3 is 2.12 bits per heavy atom. The molecule has 0 spiro atoms. The van der Waals surface area contributed by atoms with Crippen LogP contribution in [-0.4, -0.2) is 10.2 Å². The Hall–Kier alpha value is -0.273. The topological polar surface area (TPSA) is 0 Å². The van der Waals surface area contributed by atoms with Gasteiger partial charge in [0.2, 0.25) is 0 Å². The van der Waals surface area contributed by atoms with Crippen molar-refractivity contribution < 1.29 is 0 Å². The maximum atomic E-state index is 6.46. The molecule has 0 N–H and O–H groups in total. The molecule has 0 radical (unpaired) electrons. The summed E-state index contributed by atoms with van der Waals surface area (Å²) in [4.78, 5) is 0. The Morgan fingerprint density at radius 2 is 1.62 bits per heavy atom. The van der Waals surface area contributed by atoms with Crippen LogP contribution in [0.25, 0.3) is 0 Å². The summed E-state index contributed by atoms with van der Waals surface area (Å²) >= 11 is 6.46. The minimum atomic E-state index is 0.673. The van der Waals surface area contributed by atoms with Crippen LogP contribution < -0.4 is 5.19 Å². The SMILES string of the molecule is CC(C)Cc1ccc([SiH3])c(Cl)c1CC(C)C. The Labute approximate surface area is 108 Å². The van der Waals surface area contributed by atoms with Crippen molar-refractivity contribution in [1.29, 1.82) is 0 Å². The van der Waals surface area contributed by atoms with Crippen LogP contribution in [0.4, 0.5) is 0 Å². The molecule has 0 fully saturated rings. The summed E-state index contributed by atoms with van der Waals surface area (Å²) in [6.07, 6.45) is 2.25. The van der Waals surface area contributed by atoms with Crippen molar-refractivity contribution in [1.82, 2.24) is 0 Å². The van der Waals surface area contributed by atoms with E-state index < -0.39 is 0 Å². The quantitative estimate of drug-likeness (QED) is 0.725. The summed E-state index contributed by atoms with van der Waals surface area (Å²) < 4.78 is 0. The van der Waals surface area contributed by atoms with Crippen molar-refractivity contribution in [2.24, 2.45) is 11.8 Å². The van der Waals surface area contributed by atoms with E-state index in [1.165, 1.54) is 16.3 Å². The van der Waals surface area contributed by atoms with E-state index in [0.717, 1.165) is 28.1 Å². The first-order chi connectivity index (χ1) is 7.41. The van der Waals surface area contributed by atoms with E-state index in [-0.39, 0.29) is 0 Å². The zero-order valence-corrected chi connectivity index (χ0v) is 13.9. The zero-order chi connectivity index (χ0) is 12.3. The van der Waals surface area contributed by atoms with Gasteiger partial charge in [-0.2, -0.15) is 0 Å². The molecule has 90 valence electrons. The van der Waals surface area contributed by atoms with Gasteiger partial charge in [0.15, 0.2) is 0 Å². The maximum absolute atomic E-state index is 6.46. The Kier molecular flexibility index (Phi) is 5.07. The van der Waals surface area contributed by atoms with Gasteiger partial charge in [0.25, 0.3) is 0 Å². The van der Waals surface area contributed by atoms with E-state index in [4.69, 9.17) is 11.6 Å². The molecule has 0 aromatic heterocycles. The lowest BCUT2D eigenvalue weighted by Crippen LogP contribution is -2.12. The molecule has 0 nitrogen and oxygen atoms in total.